The molecule has 1 unspecified atom stereocenters. The van der Waals surface area contributed by atoms with E-state index in [4.69, 9.17) is 5.73 Å². The quantitative estimate of drug-likeness (QED) is 0.716. The Morgan fingerprint density at radius 2 is 2.00 bits per heavy atom. The number of thioether (sulfide) groups is 1. The monoisotopic (exact) mass is 238 g/mol. The highest BCUT2D eigenvalue weighted by Crippen LogP contribution is 2.19. The van der Waals surface area contributed by atoms with Gasteiger partial charge in [0.2, 0.25) is 0 Å². The molecule has 1 aromatic carbocycles. The molecular weight excluding hydrogens is 216 g/mol. The zero-order chi connectivity index (χ0) is 11.8. The Labute approximate surface area is 103 Å². The third-order valence-corrected chi connectivity index (χ3v) is 3.43. The topological polar surface area (TPSA) is 38.0 Å². The lowest BCUT2D eigenvalue weighted by atomic mass is 10.1. The maximum Gasteiger partial charge on any atom is 0.0340 e. The van der Waals surface area contributed by atoms with Crippen LogP contribution in [0.1, 0.15) is 20.3 Å². The molecule has 90 valence electrons. The number of hydrogen-bond acceptors (Lipinski definition) is 3. The summed E-state index contributed by atoms with van der Waals surface area (Å²) in [7, 11) is 0. The van der Waals surface area contributed by atoms with Gasteiger partial charge in [0.25, 0.3) is 0 Å². The molecule has 1 atom stereocenters. The van der Waals surface area contributed by atoms with Gasteiger partial charge >= 0.3 is 0 Å². The Balaban J connectivity index is 2.31. The fourth-order valence-electron chi connectivity index (χ4n) is 1.42. The van der Waals surface area contributed by atoms with Gasteiger partial charge in [0.15, 0.2) is 0 Å². The van der Waals surface area contributed by atoms with Crippen molar-refractivity contribution in [3.05, 3.63) is 24.3 Å². The maximum absolute atomic E-state index is 5.57. The first-order valence-electron chi connectivity index (χ1n) is 5.93. The van der Waals surface area contributed by atoms with Crippen LogP contribution in [-0.2, 0) is 0 Å². The summed E-state index contributed by atoms with van der Waals surface area (Å²) >= 11 is 1.87. The van der Waals surface area contributed by atoms with E-state index < -0.39 is 0 Å². The van der Waals surface area contributed by atoms with Crippen molar-refractivity contribution < 1.29 is 0 Å². The van der Waals surface area contributed by atoms with Crippen molar-refractivity contribution in [1.82, 2.24) is 0 Å². The van der Waals surface area contributed by atoms with E-state index in [0.717, 1.165) is 25.3 Å². The van der Waals surface area contributed by atoms with Crippen molar-refractivity contribution in [3.8, 4) is 0 Å². The fraction of sp³-hybridized carbons (Fsp3) is 0.538. The van der Waals surface area contributed by atoms with Gasteiger partial charge in [0.05, 0.1) is 0 Å². The van der Waals surface area contributed by atoms with Crippen LogP contribution in [0.15, 0.2) is 29.2 Å². The van der Waals surface area contributed by atoms with Crippen molar-refractivity contribution in [2.75, 3.05) is 24.2 Å². The summed E-state index contributed by atoms with van der Waals surface area (Å²) in [4.78, 5) is 1.34. The van der Waals surface area contributed by atoms with Crippen LogP contribution in [0, 0.1) is 5.92 Å². The van der Waals surface area contributed by atoms with Crippen molar-refractivity contribution in [1.29, 1.82) is 0 Å². The molecule has 2 nitrogen and oxygen atoms in total. The second kappa shape index (κ2) is 7.58. The zero-order valence-electron chi connectivity index (χ0n) is 10.2. The smallest absolute Gasteiger partial charge is 0.0340 e. The van der Waals surface area contributed by atoms with Crippen molar-refractivity contribution in [2.45, 2.75) is 25.2 Å². The molecule has 3 heteroatoms. The lowest BCUT2D eigenvalue weighted by Crippen LogP contribution is -2.14. The summed E-state index contributed by atoms with van der Waals surface area (Å²) in [6.45, 7) is 6.13. The number of nitrogens with one attached hydrogen (secondary N) is 1. The summed E-state index contributed by atoms with van der Waals surface area (Å²) in [5.41, 5.74) is 6.77. The van der Waals surface area contributed by atoms with Crippen LogP contribution in [0.5, 0.6) is 0 Å². The normalized spacial score (nSPS) is 12.4. The number of anilines is 1. The second-order valence-corrected chi connectivity index (χ2v) is 5.35. The molecule has 0 aliphatic carbocycles. The largest absolute Gasteiger partial charge is 0.385 e. The molecule has 1 aromatic rings. The minimum Gasteiger partial charge on any atom is -0.385 e. The molecule has 0 saturated heterocycles. The maximum atomic E-state index is 5.57. The van der Waals surface area contributed by atoms with Gasteiger partial charge in [-0.2, -0.15) is 0 Å². The van der Waals surface area contributed by atoms with E-state index in [0.29, 0.717) is 5.92 Å². The number of benzene rings is 1. The highest BCUT2D eigenvalue weighted by Gasteiger charge is 1.98. The predicted molar refractivity (Wildman–Crippen MR) is 74.2 cm³/mol. The Bertz CT molecular complexity index is 284. The summed E-state index contributed by atoms with van der Waals surface area (Å²) in [5, 5.41) is 3.41. The van der Waals surface area contributed by atoms with E-state index in [1.807, 2.05) is 11.8 Å². The van der Waals surface area contributed by atoms with Crippen LogP contribution in [0.2, 0.25) is 0 Å². The number of nitrogens with two attached hydrogens (primary N) is 1. The average Bonchev–Trinajstić information content (AvgIpc) is 2.31. The standard InChI is InChI=1S/C13H22N2S/c1-3-16-13-6-4-12(5-7-13)15-9-8-11(2)10-14/h4-7,11,15H,3,8-10,14H2,1-2H3. The van der Waals surface area contributed by atoms with Crippen molar-refractivity contribution in [3.63, 3.8) is 0 Å². The summed E-state index contributed by atoms with van der Waals surface area (Å²) in [5.74, 6) is 1.73. The molecule has 0 spiro atoms. The van der Waals surface area contributed by atoms with Crippen LogP contribution in [0.4, 0.5) is 5.69 Å². The second-order valence-electron chi connectivity index (χ2n) is 4.01. The zero-order valence-corrected chi connectivity index (χ0v) is 11.0. The van der Waals surface area contributed by atoms with Gasteiger partial charge in [-0.25, -0.2) is 0 Å². The van der Waals surface area contributed by atoms with Crippen LogP contribution >= 0.6 is 11.8 Å². The van der Waals surface area contributed by atoms with Crippen molar-refractivity contribution in [2.24, 2.45) is 11.7 Å². The first kappa shape index (κ1) is 13.4. The third kappa shape index (κ3) is 4.90. The van der Waals surface area contributed by atoms with Crippen LogP contribution < -0.4 is 11.1 Å². The van der Waals surface area contributed by atoms with Crippen LogP contribution in [0.25, 0.3) is 0 Å². The molecule has 1 rings (SSSR count). The van der Waals surface area contributed by atoms with Gasteiger partial charge in [0.1, 0.15) is 0 Å². The first-order chi connectivity index (χ1) is 7.76. The number of rotatable bonds is 7. The molecule has 0 aliphatic heterocycles. The highest BCUT2D eigenvalue weighted by atomic mass is 32.2. The van der Waals surface area contributed by atoms with Gasteiger partial charge in [-0.15, -0.1) is 11.8 Å². The third-order valence-electron chi connectivity index (χ3n) is 2.53. The van der Waals surface area contributed by atoms with E-state index >= 15 is 0 Å². The van der Waals surface area contributed by atoms with Gasteiger partial charge in [-0.05, 0) is 48.9 Å². The lowest BCUT2D eigenvalue weighted by molar-refractivity contribution is 0.561. The fourth-order valence-corrected chi connectivity index (χ4v) is 2.08. The molecule has 0 heterocycles. The van der Waals surface area contributed by atoms with Gasteiger partial charge < -0.3 is 11.1 Å². The molecule has 0 amide bonds. The molecule has 0 aliphatic rings. The Morgan fingerprint density at radius 3 is 2.56 bits per heavy atom. The van der Waals surface area contributed by atoms with Gasteiger partial charge in [-0.1, -0.05) is 13.8 Å². The summed E-state index contributed by atoms with van der Waals surface area (Å²) in [6.07, 6.45) is 1.13. The SMILES string of the molecule is CCSc1ccc(NCCC(C)CN)cc1. The van der Waals surface area contributed by atoms with Crippen LogP contribution in [0.3, 0.4) is 0 Å². The molecule has 0 radical (unpaired) electrons. The number of hydrogen-bond donors (Lipinski definition) is 2. The van der Waals surface area contributed by atoms with E-state index in [1.165, 1.54) is 10.6 Å². The Kier molecular flexibility index (Phi) is 6.34. The summed E-state index contributed by atoms with van der Waals surface area (Å²) < 4.78 is 0. The molecule has 3 N–H and O–H groups in total. The average molecular weight is 238 g/mol. The lowest BCUT2D eigenvalue weighted by Gasteiger charge is -2.10. The Morgan fingerprint density at radius 1 is 1.31 bits per heavy atom. The van der Waals surface area contributed by atoms with E-state index in [9.17, 15) is 0 Å². The minimum atomic E-state index is 0.599. The van der Waals surface area contributed by atoms with Gasteiger partial charge in [0, 0.05) is 17.1 Å². The molecule has 0 fully saturated rings. The van der Waals surface area contributed by atoms with Crippen LogP contribution in [-0.4, -0.2) is 18.8 Å². The van der Waals surface area contributed by atoms with E-state index in [-0.39, 0.29) is 0 Å². The minimum absolute atomic E-state index is 0.599. The molecular formula is C13H22N2S. The molecule has 0 aromatic heterocycles. The molecule has 0 saturated carbocycles. The Hall–Kier alpha value is -0.670. The molecule has 16 heavy (non-hydrogen) atoms. The highest BCUT2D eigenvalue weighted by molar-refractivity contribution is 7.99. The van der Waals surface area contributed by atoms with Gasteiger partial charge in [-0.3, -0.25) is 0 Å². The summed E-state index contributed by atoms with van der Waals surface area (Å²) in [6, 6.07) is 8.63. The van der Waals surface area contributed by atoms with E-state index in [1.54, 1.807) is 0 Å². The molecule has 0 bridgehead atoms. The first-order valence-corrected chi connectivity index (χ1v) is 6.91. The predicted octanol–water partition coefficient (Wildman–Crippen LogP) is 3.20. The van der Waals surface area contributed by atoms with Crippen molar-refractivity contribution >= 4 is 17.4 Å². The van der Waals surface area contributed by atoms with E-state index in [2.05, 4.69) is 43.4 Å².